The highest BCUT2D eigenvalue weighted by Crippen LogP contribution is 2.70. The number of fused-ring (bicyclic) bond motifs is 5. The molecular formula is C31H47N3O6. The van der Waals surface area contributed by atoms with Gasteiger partial charge in [-0.05, 0) is 99.5 Å². The number of nitrogens with zero attached hydrogens (tertiary/aromatic N) is 2. The van der Waals surface area contributed by atoms with Crippen LogP contribution in [0.2, 0.25) is 0 Å². The van der Waals surface area contributed by atoms with Crippen LogP contribution in [-0.4, -0.2) is 91.0 Å². The van der Waals surface area contributed by atoms with E-state index < -0.39 is 5.60 Å². The third-order valence-corrected chi connectivity index (χ3v) is 12.4. The Kier molecular flexibility index (Phi) is 7.21. The number of nitrogens with one attached hydrogen (secondary N) is 1. The Morgan fingerprint density at radius 2 is 1.93 bits per heavy atom. The summed E-state index contributed by atoms with van der Waals surface area (Å²) >= 11 is 0. The average Bonchev–Trinajstić information content (AvgIpc) is 3.45. The first kappa shape index (κ1) is 28.0. The minimum Gasteiger partial charge on any atom is -0.458 e. The predicted molar refractivity (Wildman–Crippen MR) is 148 cm³/mol. The van der Waals surface area contributed by atoms with Crippen LogP contribution < -0.4 is 5.32 Å². The Hall–Kier alpha value is -2.13. The average molecular weight is 558 g/mol. The van der Waals surface area contributed by atoms with E-state index in [9.17, 15) is 19.5 Å². The van der Waals surface area contributed by atoms with Crippen LogP contribution in [-0.2, 0) is 19.1 Å². The van der Waals surface area contributed by atoms with Crippen molar-refractivity contribution in [3.05, 3.63) is 11.6 Å². The fraction of sp³-hybridized carbons (Fsp3) is 0.839. The minimum absolute atomic E-state index is 0.0838. The second-order valence-electron chi connectivity index (χ2n) is 14.1. The van der Waals surface area contributed by atoms with E-state index in [-0.39, 0.29) is 46.7 Å². The van der Waals surface area contributed by atoms with Crippen LogP contribution in [0, 0.1) is 34.5 Å². The summed E-state index contributed by atoms with van der Waals surface area (Å²) in [5, 5.41) is 15.3. The van der Waals surface area contributed by atoms with Gasteiger partial charge in [-0.25, -0.2) is 9.59 Å². The number of esters is 1. The van der Waals surface area contributed by atoms with Crippen molar-refractivity contribution in [1.82, 2.24) is 15.1 Å². The largest absolute Gasteiger partial charge is 0.458 e. The maximum Gasteiger partial charge on any atom is 0.407 e. The number of piperazine rings is 1. The Bertz CT molecular complexity index is 1080. The summed E-state index contributed by atoms with van der Waals surface area (Å²) in [7, 11) is 1.94. The quantitative estimate of drug-likeness (QED) is 0.500. The van der Waals surface area contributed by atoms with E-state index in [4.69, 9.17) is 9.47 Å². The summed E-state index contributed by atoms with van der Waals surface area (Å²) in [6.45, 7) is 7.97. The van der Waals surface area contributed by atoms with Gasteiger partial charge in [0.2, 0.25) is 5.91 Å². The molecule has 0 aromatic rings. The molecule has 222 valence electrons. The number of aliphatic hydroxyl groups is 1. The van der Waals surface area contributed by atoms with Crippen LogP contribution >= 0.6 is 0 Å². The van der Waals surface area contributed by atoms with Gasteiger partial charge in [-0.1, -0.05) is 13.8 Å². The van der Waals surface area contributed by atoms with Gasteiger partial charge in [0.05, 0.1) is 12.1 Å². The van der Waals surface area contributed by atoms with E-state index in [0.29, 0.717) is 44.6 Å². The van der Waals surface area contributed by atoms with Crippen molar-refractivity contribution in [2.24, 2.45) is 34.5 Å². The van der Waals surface area contributed by atoms with Crippen LogP contribution in [0.4, 0.5) is 4.79 Å². The number of rotatable bonds is 5. The van der Waals surface area contributed by atoms with Gasteiger partial charge < -0.3 is 24.8 Å². The number of carbonyl (C=O) groups is 3. The molecule has 2 N–H and O–H groups in total. The summed E-state index contributed by atoms with van der Waals surface area (Å²) in [6.07, 6.45) is 9.82. The van der Waals surface area contributed by atoms with Crippen LogP contribution in [0.25, 0.3) is 0 Å². The molecule has 40 heavy (non-hydrogen) atoms. The van der Waals surface area contributed by atoms with Crippen molar-refractivity contribution in [3.63, 3.8) is 0 Å². The molecule has 0 aromatic carbocycles. The molecule has 6 rings (SSSR count). The molecule has 0 spiro atoms. The van der Waals surface area contributed by atoms with Gasteiger partial charge in [0.1, 0.15) is 12.7 Å². The molecule has 4 saturated carbocycles. The van der Waals surface area contributed by atoms with Crippen molar-refractivity contribution in [2.75, 3.05) is 46.4 Å². The molecule has 2 aliphatic heterocycles. The van der Waals surface area contributed by atoms with E-state index in [2.05, 4.69) is 19.2 Å². The smallest absolute Gasteiger partial charge is 0.407 e. The Balaban J connectivity index is 1.04. The zero-order valence-electron chi connectivity index (χ0n) is 24.5. The van der Waals surface area contributed by atoms with Crippen LogP contribution in [0.3, 0.4) is 0 Å². The molecule has 0 radical (unpaired) electrons. The van der Waals surface area contributed by atoms with E-state index in [1.54, 1.807) is 11.0 Å². The fourth-order valence-corrected chi connectivity index (χ4v) is 10.0. The Labute approximate surface area is 238 Å². The highest BCUT2D eigenvalue weighted by molar-refractivity contribution is 5.85. The van der Waals surface area contributed by atoms with Gasteiger partial charge in [0, 0.05) is 37.7 Å². The van der Waals surface area contributed by atoms with E-state index in [1.165, 1.54) is 0 Å². The first-order valence-corrected chi connectivity index (χ1v) is 15.5. The lowest BCUT2D eigenvalue weighted by Crippen LogP contribution is -2.62. The zero-order chi connectivity index (χ0) is 28.3. The predicted octanol–water partition coefficient (Wildman–Crippen LogP) is 3.11. The van der Waals surface area contributed by atoms with Gasteiger partial charge in [0.25, 0.3) is 0 Å². The van der Waals surface area contributed by atoms with Gasteiger partial charge in [0.15, 0.2) is 0 Å². The van der Waals surface area contributed by atoms with E-state index in [0.717, 1.165) is 69.9 Å². The number of amides is 2. The summed E-state index contributed by atoms with van der Waals surface area (Å²) in [5.41, 5.74) is 0.291. The maximum atomic E-state index is 12.6. The van der Waals surface area contributed by atoms with Crippen LogP contribution in [0.5, 0.6) is 0 Å². The molecule has 2 amide bonds. The van der Waals surface area contributed by atoms with Crippen molar-refractivity contribution in [1.29, 1.82) is 0 Å². The highest BCUT2D eigenvalue weighted by Gasteiger charge is 2.67. The zero-order valence-corrected chi connectivity index (χ0v) is 24.5. The van der Waals surface area contributed by atoms with Crippen molar-refractivity contribution in [3.8, 4) is 0 Å². The molecule has 9 nitrogen and oxygen atoms in total. The van der Waals surface area contributed by atoms with Crippen molar-refractivity contribution in [2.45, 2.75) is 83.3 Å². The van der Waals surface area contributed by atoms with Crippen LogP contribution in [0.15, 0.2) is 11.6 Å². The molecule has 9 heteroatoms. The lowest BCUT2D eigenvalue weighted by Gasteiger charge is -2.63. The number of hydrogen-bond acceptors (Lipinski definition) is 7. The Morgan fingerprint density at radius 3 is 2.67 bits per heavy atom. The third kappa shape index (κ3) is 4.55. The molecule has 6 aliphatic rings. The van der Waals surface area contributed by atoms with Crippen molar-refractivity contribution < 1.29 is 29.0 Å². The number of ether oxygens (including phenoxy) is 2. The molecule has 1 saturated heterocycles. The number of alkyl carbamates (subject to hydrolysis) is 1. The first-order chi connectivity index (χ1) is 19.0. The van der Waals surface area contributed by atoms with Gasteiger partial charge in [-0.2, -0.15) is 0 Å². The summed E-state index contributed by atoms with van der Waals surface area (Å²) in [6, 6.07) is 0. The monoisotopic (exact) mass is 557 g/mol. The molecule has 0 aromatic heterocycles. The molecule has 2 heterocycles. The highest BCUT2D eigenvalue weighted by atomic mass is 16.6. The third-order valence-electron chi connectivity index (χ3n) is 12.4. The first-order valence-electron chi connectivity index (χ1n) is 15.5. The molecule has 0 bridgehead atoms. The Morgan fingerprint density at radius 1 is 1.10 bits per heavy atom. The van der Waals surface area contributed by atoms with Crippen LogP contribution in [0.1, 0.15) is 71.6 Å². The number of likely N-dealkylation sites (N-methyl/N-ethyl adjacent to an activating group) is 1. The van der Waals surface area contributed by atoms with E-state index >= 15 is 0 Å². The summed E-state index contributed by atoms with van der Waals surface area (Å²) in [4.78, 5) is 40.4. The summed E-state index contributed by atoms with van der Waals surface area (Å²) in [5.74, 6) is 1.30. The number of hydrogen-bond donors (Lipinski definition) is 2. The van der Waals surface area contributed by atoms with Gasteiger partial charge in [-0.15, -0.1) is 0 Å². The van der Waals surface area contributed by atoms with Gasteiger partial charge in [-0.3, -0.25) is 9.69 Å². The molecular weight excluding hydrogens is 510 g/mol. The minimum atomic E-state index is -0.709. The lowest BCUT2D eigenvalue weighted by atomic mass is 9.43. The molecule has 0 unspecified atom stereocenters. The summed E-state index contributed by atoms with van der Waals surface area (Å²) < 4.78 is 11.1. The SMILES string of the molecule is CN1CCN(CCNC(=O)O[C@H]2CC[C@@]3(C)[C@H](CC[C@@H]4[C@@H]3CC[C@]3(C)[C@@H](C5=CC(=O)OC5)CC[C@]43O)C2)C(=O)C1. The maximum absolute atomic E-state index is 12.6. The van der Waals surface area contributed by atoms with Crippen molar-refractivity contribution >= 4 is 18.0 Å². The van der Waals surface area contributed by atoms with Gasteiger partial charge >= 0.3 is 12.1 Å². The molecule has 4 aliphatic carbocycles. The fourth-order valence-electron chi connectivity index (χ4n) is 10.0. The second kappa shape index (κ2) is 10.3. The normalized spacial score (nSPS) is 43.4. The lowest BCUT2D eigenvalue weighted by molar-refractivity contribution is -0.208. The topological polar surface area (TPSA) is 108 Å². The number of cyclic esters (lactones) is 1. The molecule has 5 fully saturated rings. The number of carbonyl (C=O) groups excluding carboxylic acids is 3. The van der Waals surface area contributed by atoms with E-state index in [1.807, 2.05) is 11.9 Å². The second-order valence-corrected chi connectivity index (χ2v) is 14.1. The standard InChI is InChI=1S/C31H47N3O6/c1-29-9-6-22(40-28(37)32-12-13-34-15-14-33(3)18-26(34)35)17-21(29)4-5-25-24(29)7-10-30(2)23(8-11-31(25,30)38)20-16-27(36)39-19-20/h16,21-25,38H,4-15,17-19H2,1-3H3,(H,32,37)/t21-,22+,23-,24+,25-,29+,30-,31+/m1/s1. The molecule has 8 atom stereocenters.